The molecule has 0 aromatic carbocycles. The number of quaternary nitrogens is 1. The summed E-state index contributed by atoms with van der Waals surface area (Å²) in [4.78, 5) is 0. The Hall–Kier alpha value is 0.500. The maximum atomic E-state index is 2.46. The van der Waals surface area contributed by atoms with Gasteiger partial charge in [0.25, 0.3) is 0 Å². The second-order valence-corrected chi connectivity index (χ2v) is 11.2. The summed E-state index contributed by atoms with van der Waals surface area (Å²) < 4.78 is 1.25. The Labute approximate surface area is 230 Å². The highest BCUT2D eigenvalue weighted by Crippen LogP contribution is 2.15. The van der Waals surface area contributed by atoms with Gasteiger partial charge in [-0.3, -0.25) is 0 Å². The highest BCUT2D eigenvalue weighted by Gasteiger charge is 2.13. The first-order chi connectivity index (χ1) is 15.1. The third kappa shape index (κ3) is 34.7. The maximum absolute atomic E-state index is 2.46. The van der Waals surface area contributed by atoms with E-state index in [1.807, 2.05) is 0 Å². The fraction of sp³-hybridized carbons (Fsp3) is 1.00. The molecule has 0 aliphatic heterocycles. The van der Waals surface area contributed by atoms with Gasteiger partial charge in [0.15, 0.2) is 0 Å². The zero-order valence-corrected chi connectivity index (χ0v) is 25.9. The minimum absolute atomic E-state index is 0. The van der Waals surface area contributed by atoms with Crippen molar-refractivity contribution >= 4 is 12.4 Å². The van der Waals surface area contributed by atoms with Crippen LogP contribution < -0.4 is 18.6 Å². The Morgan fingerprint density at radius 1 is 0.353 bits per heavy atom. The third-order valence-electron chi connectivity index (χ3n) is 7.23. The normalized spacial score (nSPS) is 10.9. The molecule has 0 spiro atoms. The molecular formula is C30H68Cl2N2. The summed E-state index contributed by atoms with van der Waals surface area (Å²) in [6, 6.07) is 0. The predicted octanol–water partition coefficient (Wildman–Crippen LogP) is 8.05. The molecule has 212 valence electrons. The van der Waals surface area contributed by atoms with E-state index >= 15 is 0 Å². The van der Waals surface area contributed by atoms with Crippen LogP contribution in [0.3, 0.4) is 0 Å². The smallest absolute Gasteiger partial charge is 0.0782 e. The molecule has 0 fully saturated rings. The van der Waals surface area contributed by atoms with Crippen LogP contribution >= 0.6 is 12.4 Å². The first-order valence-electron chi connectivity index (χ1n) is 14.9. The van der Waals surface area contributed by atoms with Gasteiger partial charge in [-0.2, -0.15) is 0 Å². The Balaban J connectivity index is -0.00000150. The average Bonchev–Trinajstić information content (AvgIpc) is 2.75. The quantitative estimate of drug-likeness (QED) is 0.0896. The van der Waals surface area contributed by atoms with Crippen LogP contribution in [0.4, 0.5) is 0 Å². The van der Waals surface area contributed by atoms with E-state index in [-0.39, 0.29) is 31.0 Å². The fourth-order valence-electron chi connectivity index (χ4n) is 4.87. The van der Waals surface area contributed by atoms with E-state index in [9.17, 15) is 0 Å². The highest BCUT2D eigenvalue weighted by atomic mass is 35.5. The second-order valence-electron chi connectivity index (χ2n) is 11.2. The van der Waals surface area contributed by atoms with Crippen LogP contribution in [-0.2, 0) is 0 Å². The lowest BCUT2D eigenvalue weighted by Gasteiger charge is -2.30. The summed E-state index contributed by atoms with van der Waals surface area (Å²) in [5, 5.41) is 0. The van der Waals surface area contributed by atoms with E-state index in [1.165, 1.54) is 172 Å². The van der Waals surface area contributed by atoms with Crippen molar-refractivity contribution in [3.05, 3.63) is 0 Å². The summed E-state index contributed by atoms with van der Waals surface area (Å²) in [5.74, 6) is 0. The predicted molar refractivity (Wildman–Crippen MR) is 156 cm³/mol. The first-order valence-corrected chi connectivity index (χ1v) is 14.9. The van der Waals surface area contributed by atoms with Gasteiger partial charge in [0, 0.05) is 0 Å². The van der Waals surface area contributed by atoms with Crippen molar-refractivity contribution in [2.75, 3.05) is 27.2 Å². The highest BCUT2D eigenvalue weighted by molar-refractivity contribution is 5.85. The van der Waals surface area contributed by atoms with Crippen LogP contribution in [0.2, 0.25) is 0 Å². The van der Waals surface area contributed by atoms with Crippen LogP contribution in [0.5, 0.6) is 0 Å². The Kier molecular flexibility index (Phi) is 41.0. The molecule has 0 rings (SSSR count). The van der Waals surface area contributed by atoms with Gasteiger partial charge in [-0.25, -0.2) is 0 Å². The molecule has 4 heteroatoms. The zero-order chi connectivity index (χ0) is 22.9. The number of hydrogen-bond donors (Lipinski definition) is 1. The molecule has 34 heavy (non-hydrogen) atoms. The van der Waals surface area contributed by atoms with E-state index in [2.05, 4.69) is 27.9 Å². The molecule has 0 atom stereocenters. The minimum Gasteiger partial charge on any atom is -1.00 e. The average molecular weight is 528 g/mol. The maximum Gasteiger partial charge on any atom is 0.0782 e. The minimum atomic E-state index is 0. The molecule has 0 heterocycles. The Bertz CT molecular complexity index is 308. The van der Waals surface area contributed by atoms with Gasteiger partial charge in [0.1, 0.15) is 0 Å². The molecule has 0 amide bonds. The summed E-state index contributed by atoms with van der Waals surface area (Å²) >= 11 is 0. The van der Waals surface area contributed by atoms with Gasteiger partial charge in [-0.15, -0.1) is 12.4 Å². The zero-order valence-electron chi connectivity index (χ0n) is 24.3. The summed E-state index contributed by atoms with van der Waals surface area (Å²) in [6.45, 7) is 7.38. The van der Waals surface area contributed by atoms with Crippen LogP contribution in [0, 0.1) is 0 Å². The molecule has 0 aliphatic carbocycles. The number of nitrogens with zero attached hydrogens (tertiary/aromatic N) is 1. The van der Waals surface area contributed by atoms with Crippen molar-refractivity contribution in [3.63, 3.8) is 0 Å². The van der Waals surface area contributed by atoms with Crippen molar-refractivity contribution in [3.8, 4) is 0 Å². The number of unbranched alkanes of at least 4 members (excludes halogenated alkanes) is 22. The van der Waals surface area contributed by atoms with E-state index in [0.29, 0.717) is 0 Å². The molecule has 0 saturated heterocycles. The molecule has 0 bridgehead atoms. The molecule has 0 aromatic heterocycles. The lowest BCUT2D eigenvalue weighted by molar-refractivity contribution is -0.890. The van der Waals surface area contributed by atoms with Gasteiger partial charge in [0.2, 0.25) is 0 Å². The monoisotopic (exact) mass is 526 g/mol. The Morgan fingerprint density at radius 2 is 0.529 bits per heavy atom. The number of rotatable bonds is 26. The summed E-state index contributed by atoms with van der Waals surface area (Å²) in [5.41, 5.74) is 0. The number of halogens is 2. The summed E-state index contributed by atoms with van der Waals surface area (Å²) in [6.07, 6.45) is 35.0. The molecular weight excluding hydrogens is 459 g/mol. The lowest BCUT2D eigenvalue weighted by atomic mass is 10.0. The molecule has 0 aromatic rings. The van der Waals surface area contributed by atoms with Crippen LogP contribution in [0.25, 0.3) is 0 Å². The van der Waals surface area contributed by atoms with Gasteiger partial charge < -0.3 is 23.0 Å². The van der Waals surface area contributed by atoms with Crippen molar-refractivity contribution < 1.29 is 16.9 Å². The van der Waals surface area contributed by atoms with Gasteiger partial charge in [-0.05, 0) is 25.7 Å². The van der Waals surface area contributed by atoms with Gasteiger partial charge in [-0.1, -0.05) is 142 Å². The van der Waals surface area contributed by atoms with E-state index < -0.39 is 0 Å². The topological polar surface area (TPSA) is 35.0 Å². The Morgan fingerprint density at radius 3 is 0.735 bits per heavy atom. The summed E-state index contributed by atoms with van der Waals surface area (Å²) in [7, 11) is 4.91. The van der Waals surface area contributed by atoms with Gasteiger partial charge >= 0.3 is 0 Å². The van der Waals surface area contributed by atoms with Crippen molar-refractivity contribution in [2.45, 2.75) is 168 Å². The first kappa shape index (κ1) is 41.6. The fourth-order valence-corrected chi connectivity index (χ4v) is 4.87. The van der Waals surface area contributed by atoms with Crippen LogP contribution in [0.15, 0.2) is 0 Å². The van der Waals surface area contributed by atoms with Crippen LogP contribution in [-0.4, -0.2) is 31.7 Å². The van der Waals surface area contributed by atoms with Gasteiger partial charge in [0.05, 0.1) is 27.2 Å². The van der Waals surface area contributed by atoms with Crippen molar-refractivity contribution in [2.24, 2.45) is 0 Å². The molecule has 0 unspecified atom stereocenters. The van der Waals surface area contributed by atoms with E-state index in [4.69, 9.17) is 0 Å². The molecule has 0 aliphatic rings. The molecule has 0 saturated carbocycles. The van der Waals surface area contributed by atoms with E-state index in [1.54, 1.807) is 0 Å². The third-order valence-corrected chi connectivity index (χ3v) is 7.23. The number of hydrogen-bond acceptors (Lipinski definition) is 1. The molecule has 3 N–H and O–H groups in total. The molecule has 2 nitrogen and oxygen atoms in total. The van der Waals surface area contributed by atoms with E-state index in [0.717, 1.165) is 0 Å². The molecule has 0 radical (unpaired) electrons. The lowest BCUT2D eigenvalue weighted by Crippen LogP contribution is -3.00. The standard InChI is InChI=1S/C30H64N.2ClH.H3N/c1-5-7-9-11-13-15-17-19-21-23-25-27-29-31(3,4)30-28-26-24-22-20-18-16-14-12-10-8-6-2;;;/h5-30H2,1-4H3;2*1H;1H3/q+1;;;/p-1. The van der Waals surface area contributed by atoms with Crippen LogP contribution in [0.1, 0.15) is 168 Å². The second kappa shape index (κ2) is 33.5. The van der Waals surface area contributed by atoms with Crippen molar-refractivity contribution in [1.82, 2.24) is 6.15 Å². The SMILES string of the molecule is CCCCCCCCCCCCCC[N+](C)(C)CCCCCCCCCCCCCC.Cl.N.[Cl-]. The van der Waals surface area contributed by atoms with Crippen molar-refractivity contribution in [1.29, 1.82) is 0 Å². The largest absolute Gasteiger partial charge is 1.00 e.